The topological polar surface area (TPSA) is 78.9 Å². The van der Waals surface area contributed by atoms with E-state index < -0.39 is 6.10 Å². The van der Waals surface area contributed by atoms with Crippen LogP contribution in [0.25, 0.3) is 0 Å². The summed E-state index contributed by atoms with van der Waals surface area (Å²) in [7, 11) is 0. The number of esters is 3. The lowest BCUT2D eigenvalue weighted by molar-refractivity contribution is -0.167. The van der Waals surface area contributed by atoms with Gasteiger partial charge >= 0.3 is 17.9 Å². The molecule has 0 fully saturated rings. The highest BCUT2D eigenvalue weighted by Crippen LogP contribution is 2.15. The van der Waals surface area contributed by atoms with Gasteiger partial charge < -0.3 is 14.2 Å². The van der Waals surface area contributed by atoms with Gasteiger partial charge in [0, 0.05) is 19.3 Å². The first-order chi connectivity index (χ1) is 25.5. The Hall–Kier alpha value is -2.11. The molecular formula is C46H84O6. The van der Waals surface area contributed by atoms with Gasteiger partial charge in [-0.2, -0.15) is 0 Å². The van der Waals surface area contributed by atoms with E-state index >= 15 is 0 Å². The zero-order valence-corrected chi connectivity index (χ0v) is 34.6. The lowest BCUT2D eigenvalue weighted by atomic mass is 10.0. The highest BCUT2D eigenvalue weighted by atomic mass is 16.6. The standard InChI is InChI=1S/C46H84O6/c1-4-7-10-13-16-19-21-23-25-27-30-33-36-39-45(48)51-42-43(41-50-44(47)38-35-32-29-26-18-15-12-9-6-3)52-46(49)40-37-34-31-28-24-22-20-17-14-11-8-5-2/h10,13,19,21,43H,4-9,11-12,14-18,20,22-42H2,1-3H3/b13-10-,21-19-. The van der Waals surface area contributed by atoms with Crippen LogP contribution >= 0.6 is 0 Å². The molecule has 0 aliphatic rings. The molecular weight excluding hydrogens is 648 g/mol. The second kappa shape index (κ2) is 41.6. The number of carbonyl (C=O) groups is 3. The van der Waals surface area contributed by atoms with Gasteiger partial charge in [0.1, 0.15) is 13.2 Å². The molecule has 0 bridgehead atoms. The number of carbonyl (C=O) groups excluding carboxylic acids is 3. The van der Waals surface area contributed by atoms with E-state index in [0.29, 0.717) is 19.3 Å². The summed E-state index contributed by atoms with van der Waals surface area (Å²) in [6, 6.07) is 0. The molecule has 0 aliphatic carbocycles. The summed E-state index contributed by atoms with van der Waals surface area (Å²) in [6.45, 7) is 6.54. The fourth-order valence-corrected chi connectivity index (χ4v) is 6.30. The van der Waals surface area contributed by atoms with Crippen LogP contribution in [-0.4, -0.2) is 37.2 Å². The number of hydrogen-bond acceptors (Lipinski definition) is 6. The van der Waals surface area contributed by atoms with Gasteiger partial charge in [-0.15, -0.1) is 0 Å². The minimum Gasteiger partial charge on any atom is -0.462 e. The van der Waals surface area contributed by atoms with Gasteiger partial charge in [-0.1, -0.05) is 193 Å². The molecule has 0 radical (unpaired) electrons. The molecule has 0 aliphatic heterocycles. The van der Waals surface area contributed by atoms with Gasteiger partial charge in [-0.25, -0.2) is 0 Å². The molecule has 6 heteroatoms. The Morgan fingerprint density at radius 1 is 0.385 bits per heavy atom. The molecule has 0 saturated heterocycles. The third-order valence-electron chi connectivity index (χ3n) is 9.69. The highest BCUT2D eigenvalue weighted by molar-refractivity contribution is 5.71. The molecule has 0 heterocycles. The Morgan fingerprint density at radius 3 is 1.13 bits per heavy atom. The van der Waals surface area contributed by atoms with E-state index in [2.05, 4.69) is 45.1 Å². The van der Waals surface area contributed by atoms with Crippen molar-refractivity contribution in [2.45, 2.75) is 239 Å². The largest absolute Gasteiger partial charge is 0.462 e. The third kappa shape index (κ3) is 39.1. The molecule has 0 aromatic heterocycles. The van der Waals surface area contributed by atoms with Crippen molar-refractivity contribution in [1.29, 1.82) is 0 Å². The maximum Gasteiger partial charge on any atom is 0.306 e. The second-order valence-corrected chi connectivity index (χ2v) is 15.0. The van der Waals surface area contributed by atoms with Crippen molar-refractivity contribution in [3.05, 3.63) is 24.3 Å². The third-order valence-corrected chi connectivity index (χ3v) is 9.69. The SMILES string of the molecule is CCC/C=C\C/C=C\CCCCCCCC(=O)OCC(COC(=O)CCCCCCCCCCC)OC(=O)CCCCCCCCCCCCCC. The van der Waals surface area contributed by atoms with Crippen LogP contribution < -0.4 is 0 Å². The number of rotatable bonds is 40. The molecule has 0 aromatic carbocycles. The first kappa shape index (κ1) is 49.9. The van der Waals surface area contributed by atoms with Crippen LogP contribution in [0.3, 0.4) is 0 Å². The van der Waals surface area contributed by atoms with E-state index in [9.17, 15) is 14.4 Å². The number of allylic oxidation sites excluding steroid dienone is 4. The molecule has 0 N–H and O–H groups in total. The molecule has 1 atom stereocenters. The molecule has 1 unspecified atom stereocenters. The van der Waals surface area contributed by atoms with Crippen LogP contribution in [0.2, 0.25) is 0 Å². The Morgan fingerprint density at radius 2 is 0.731 bits per heavy atom. The van der Waals surface area contributed by atoms with Gasteiger partial charge in [0.2, 0.25) is 0 Å². The molecule has 304 valence electrons. The first-order valence-electron chi connectivity index (χ1n) is 22.3. The van der Waals surface area contributed by atoms with Gasteiger partial charge in [0.25, 0.3) is 0 Å². The Bertz CT molecular complexity index is 850. The Balaban J connectivity index is 4.36. The van der Waals surface area contributed by atoms with E-state index in [1.54, 1.807) is 0 Å². The summed E-state index contributed by atoms with van der Waals surface area (Å²) < 4.78 is 16.7. The molecule has 0 rings (SSSR count). The van der Waals surface area contributed by atoms with Crippen molar-refractivity contribution in [3.8, 4) is 0 Å². The fraction of sp³-hybridized carbons (Fsp3) is 0.848. The minimum atomic E-state index is -0.768. The molecule has 52 heavy (non-hydrogen) atoms. The van der Waals surface area contributed by atoms with Gasteiger partial charge in [0.15, 0.2) is 6.10 Å². The van der Waals surface area contributed by atoms with Gasteiger partial charge in [-0.3, -0.25) is 14.4 Å². The monoisotopic (exact) mass is 733 g/mol. The van der Waals surface area contributed by atoms with Crippen molar-refractivity contribution in [2.24, 2.45) is 0 Å². The van der Waals surface area contributed by atoms with Crippen molar-refractivity contribution in [1.82, 2.24) is 0 Å². The van der Waals surface area contributed by atoms with Crippen LogP contribution in [0.15, 0.2) is 24.3 Å². The summed E-state index contributed by atoms with van der Waals surface area (Å²) in [5.74, 6) is -0.886. The number of hydrogen-bond donors (Lipinski definition) is 0. The van der Waals surface area contributed by atoms with E-state index in [1.807, 2.05) is 0 Å². The predicted octanol–water partition coefficient (Wildman–Crippen LogP) is 14.0. The predicted molar refractivity (Wildman–Crippen MR) is 219 cm³/mol. The molecule has 6 nitrogen and oxygen atoms in total. The highest BCUT2D eigenvalue weighted by Gasteiger charge is 2.19. The van der Waals surface area contributed by atoms with Crippen LogP contribution in [0.5, 0.6) is 0 Å². The van der Waals surface area contributed by atoms with Crippen molar-refractivity contribution in [3.63, 3.8) is 0 Å². The Labute approximate surface area is 322 Å². The average Bonchev–Trinajstić information content (AvgIpc) is 3.14. The van der Waals surface area contributed by atoms with Crippen molar-refractivity contribution >= 4 is 17.9 Å². The summed E-state index contributed by atoms with van der Waals surface area (Å²) >= 11 is 0. The fourth-order valence-electron chi connectivity index (χ4n) is 6.30. The van der Waals surface area contributed by atoms with Gasteiger partial charge in [0.05, 0.1) is 0 Å². The minimum absolute atomic E-state index is 0.0722. The van der Waals surface area contributed by atoms with Crippen LogP contribution in [-0.2, 0) is 28.6 Å². The molecule has 0 saturated carbocycles. The molecule has 0 amide bonds. The zero-order valence-electron chi connectivity index (χ0n) is 34.6. The summed E-state index contributed by atoms with van der Waals surface area (Å²) in [5, 5.41) is 0. The van der Waals surface area contributed by atoms with E-state index in [4.69, 9.17) is 14.2 Å². The van der Waals surface area contributed by atoms with E-state index in [1.165, 1.54) is 109 Å². The van der Waals surface area contributed by atoms with E-state index in [-0.39, 0.29) is 31.1 Å². The zero-order chi connectivity index (χ0) is 38.0. The first-order valence-corrected chi connectivity index (χ1v) is 22.3. The number of ether oxygens (including phenoxy) is 3. The lowest BCUT2D eigenvalue weighted by Crippen LogP contribution is -2.30. The van der Waals surface area contributed by atoms with Crippen LogP contribution in [0.4, 0.5) is 0 Å². The molecule has 0 spiro atoms. The van der Waals surface area contributed by atoms with Crippen molar-refractivity contribution < 1.29 is 28.6 Å². The van der Waals surface area contributed by atoms with Gasteiger partial charge in [-0.05, 0) is 44.9 Å². The summed E-state index contributed by atoms with van der Waals surface area (Å²) in [6.07, 6.45) is 44.4. The van der Waals surface area contributed by atoms with Crippen molar-refractivity contribution in [2.75, 3.05) is 13.2 Å². The van der Waals surface area contributed by atoms with E-state index in [0.717, 1.165) is 83.5 Å². The second-order valence-electron chi connectivity index (χ2n) is 15.0. The quantitative estimate of drug-likeness (QED) is 0.0270. The molecule has 0 aromatic rings. The Kier molecular flexibility index (Phi) is 40.0. The smallest absolute Gasteiger partial charge is 0.306 e. The maximum atomic E-state index is 12.7. The normalized spacial score (nSPS) is 12.1. The van der Waals surface area contributed by atoms with Crippen LogP contribution in [0, 0.1) is 0 Å². The maximum absolute atomic E-state index is 12.7. The summed E-state index contributed by atoms with van der Waals surface area (Å²) in [5.41, 5.74) is 0. The lowest BCUT2D eigenvalue weighted by Gasteiger charge is -2.18. The van der Waals surface area contributed by atoms with Crippen LogP contribution in [0.1, 0.15) is 233 Å². The number of unbranched alkanes of at least 4 members (excludes halogenated alkanes) is 25. The average molecular weight is 733 g/mol. The summed E-state index contributed by atoms with van der Waals surface area (Å²) in [4.78, 5) is 37.6.